The van der Waals surface area contributed by atoms with Gasteiger partial charge in [-0.3, -0.25) is 0 Å². The molecule has 0 saturated heterocycles. The second-order valence-electron chi connectivity index (χ2n) is 4.04. The smallest absolute Gasteiger partial charge is 0.211 e. The summed E-state index contributed by atoms with van der Waals surface area (Å²) in [5, 5.41) is 25.4. The number of nitrogens with zero attached hydrogens (tertiary/aromatic N) is 4. The van der Waals surface area contributed by atoms with Crippen LogP contribution in [-0.4, -0.2) is 31.6 Å². The molecule has 0 amide bonds. The van der Waals surface area contributed by atoms with E-state index >= 15 is 0 Å². The van der Waals surface area contributed by atoms with E-state index in [2.05, 4.69) is 0 Å². The van der Waals surface area contributed by atoms with E-state index in [1.165, 1.54) is 4.31 Å². The van der Waals surface area contributed by atoms with Crippen LogP contribution in [0.25, 0.3) is 0 Å². The molecule has 0 rings (SSSR count). The highest BCUT2D eigenvalue weighted by atomic mass is 32.2. The molecule has 0 aliphatic heterocycles. The second-order valence-corrected chi connectivity index (χ2v) is 6.01. The molecule has 7 heteroatoms. The fourth-order valence-electron chi connectivity index (χ4n) is 1.55. The molecule has 6 nitrogen and oxygen atoms in total. The topological polar surface area (TPSA) is 109 Å². The molecule has 0 N–H and O–H groups in total. The van der Waals surface area contributed by atoms with Gasteiger partial charge in [0.25, 0.3) is 0 Å². The SMILES string of the molecule is N#CCCCCN(CCCCC#N)S(=O)(=O)CC#N. The predicted octanol–water partition coefficient (Wildman–Crippen LogP) is 1.53. The number of hydrogen-bond donors (Lipinski definition) is 0. The molecule has 0 aromatic carbocycles. The molecule has 0 saturated carbocycles. The average Bonchev–Trinajstić information content (AvgIpc) is 2.36. The predicted molar refractivity (Wildman–Crippen MR) is 69.9 cm³/mol. The molecule has 19 heavy (non-hydrogen) atoms. The fraction of sp³-hybridized carbons (Fsp3) is 0.750. The average molecular weight is 282 g/mol. The Morgan fingerprint density at radius 3 is 1.63 bits per heavy atom. The van der Waals surface area contributed by atoms with Gasteiger partial charge < -0.3 is 0 Å². The zero-order valence-corrected chi connectivity index (χ0v) is 11.7. The summed E-state index contributed by atoms with van der Waals surface area (Å²) in [7, 11) is -3.54. The van der Waals surface area contributed by atoms with Crippen molar-refractivity contribution in [3.63, 3.8) is 0 Å². The molecule has 0 aromatic heterocycles. The molecule has 0 spiro atoms. The quantitative estimate of drug-likeness (QED) is 0.564. The molecule has 0 aromatic rings. The third-order valence-electron chi connectivity index (χ3n) is 2.53. The van der Waals surface area contributed by atoms with Crippen LogP contribution < -0.4 is 0 Å². The first kappa shape index (κ1) is 17.4. The molecule has 0 aliphatic rings. The van der Waals surface area contributed by atoms with Crippen LogP contribution in [0.2, 0.25) is 0 Å². The number of unbranched alkanes of at least 4 members (excludes halogenated alkanes) is 4. The van der Waals surface area contributed by atoms with Gasteiger partial charge in [-0.15, -0.1) is 0 Å². The van der Waals surface area contributed by atoms with Gasteiger partial charge in [0, 0.05) is 25.9 Å². The van der Waals surface area contributed by atoms with Crippen LogP contribution in [-0.2, 0) is 10.0 Å². The summed E-state index contributed by atoms with van der Waals surface area (Å²) in [4.78, 5) is 0. The van der Waals surface area contributed by atoms with Crippen LogP contribution in [0.3, 0.4) is 0 Å². The molecule has 0 bridgehead atoms. The second kappa shape index (κ2) is 10.3. The zero-order valence-electron chi connectivity index (χ0n) is 10.9. The van der Waals surface area contributed by atoms with Crippen LogP contribution >= 0.6 is 0 Å². The van der Waals surface area contributed by atoms with Crippen LogP contribution in [0.15, 0.2) is 0 Å². The van der Waals surface area contributed by atoms with E-state index in [-0.39, 0.29) is 0 Å². The van der Waals surface area contributed by atoms with E-state index in [4.69, 9.17) is 15.8 Å². The van der Waals surface area contributed by atoms with Crippen LogP contribution in [0, 0.1) is 34.0 Å². The Morgan fingerprint density at radius 2 is 1.26 bits per heavy atom. The van der Waals surface area contributed by atoms with Crippen molar-refractivity contribution in [2.75, 3.05) is 18.8 Å². The van der Waals surface area contributed by atoms with Crippen molar-refractivity contribution in [2.45, 2.75) is 38.5 Å². The lowest BCUT2D eigenvalue weighted by Gasteiger charge is -2.20. The van der Waals surface area contributed by atoms with Crippen molar-refractivity contribution in [1.82, 2.24) is 4.31 Å². The Hall–Kier alpha value is -1.62. The standard InChI is InChI=1S/C12H18N4O2S/c13-7-3-1-5-10-16(11-6-2-4-8-14)19(17,18)12-9-15/h1-6,10-12H2. The van der Waals surface area contributed by atoms with Crippen molar-refractivity contribution in [1.29, 1.82) is 15.8 Å². The summed E-state index contributed by atoms with van der Waals surface area (Å²) in [6.07, 6.45) is 3.31. The molecule has 0 heterocycles. The highest BCUT2D eigenvalue weighted by Crippen LogP contribution is 2.08. The molecular formula is C12H18N4O2S. The van der Waals surface area contributed by atoms with Crippen molar-refractivity contribution < 1.29 is 8.42 Å². The van der Waals surface area contributed by atoms with E-state index in [1.54, 1.807) is 6.07 Å². The van der Waals surface area contributed by atoms with Gasteiger partial charge in [-0.2, -0.15) is 15.8 Å². The highest BCUT2D eigenvalue weighted by Gasteiger charge is 2.20. The molecule has 0 aliphatic carbocycles. The Balaban J connectivity index is 4.36. The number of hydrogen-bond acceptors (Lipinski definition) is 5. The monoisotopic (exact) mass is 282 g/mol. The van der Waals surface area contributed by atoms with Gasteiger partial charge >= 0.3 is 0 Å². The van der Waals surface area contributed by atoms with Gasteiger partial charge in [-0.05, 0) is 25.7 Å². The minimum absolute atomic E-state index is 0.332. The number of sulfonamides is 1. The largest absolute Gasteiger partial charge is 0.227 e. The molecule has 104 valence electrons. The lowest BCUT2D eigenvalue weighted by Crippen LogP contribution is -2.34. The fourth-order valence-corrected chi connectivity index (χ4v) is 2.71. The third kappa shape index (κ3) is 8.15. The Bertz CT molecular complexity index is 445. The zero-order chi connectivity index (χ0) is 14.6. The van der Waals surface area contributed by atoms with Crippen LogP contribution in [0.1, 0.15) is 38.5 Å². The van der Waals surface area contributed by atoms with E-state index < -0.39 is 15.8 Å². The highest BCUT2D eigenvalue weighted by molar-refractivity contribution is 7.89. The Kier molecular flexibility index (Phi) is 9.44. The maximum Gasteiger partial charge on any atom is 0.227 e. The normalized spacial score (nSPS) is 10.6. The summed E-state index contributed by atoms with van der Waals surface area (Å²) in [6, 6.07) is 5.68. The van der Waals surface area contributed by atoms with E-state index in [0.29, 0.717) is 51.6 Å². The first-order valence-electron chi connectivity index (χ1n) is 6.17. The van der Waals surface area contributed by atoms with Gasteiger partial charge in [0.05, 0.1) is 18.2 Å². The molecule has 0 fully saturated rings. The summed E-state index contributed by atoms with van der Waals surface area (Å²) < 4.78 is 25.0. The minimum Gasteiger partial charge on any atom is -0.211 e. The Labute approximate surface area is 114 Å². The van der Waals surface area contributed by atoms with E-state index in [9.17, 15) is 8.42 Å². The van der Waals surface area contributed by atoms with Crippen molar-refractivity contribution >= 4 is 10.0 Å². The lowest BCUT2D eigenvalue weighted by atomic mass is 10.2. The summed E-state index contributed by atoms with van der Waals surface area (Å²) in [6.45, 7) is 0.663. The van der Waals surface area contributed by atoms with Crippen molar-refractivity contribution in [2.24, 2.45) is 0 Å². The van der Waals surface area contributed by atoms with Gasteiger partial charge in [0.1, 0.15) is 0 Å². The van der Waals surface area contributed by atoms with Gasteiger partial charge in [0.15, 0.2) is 5.75 Å². The summed E-state index contributed by atoms with van der Waals surface area (Å²) in [5.74, 6) is -0.524. The van der Waals surface area contributed by atoms with E-state index in [0.717, 1.165) is 0 Å². The van der Waals surface area contributed by atoms with Gasteiger partial charge in [-0.25, -0.2) is 12.7 Å². The lowest BCUT2D eigenvalue weighted by molar-refractivity contribution is 0.393. The maximum absolute atomic E-state index is 11.8. The first-order chi connectivity index (χ1) is 9.08. The third-order valence-corrected chi connectivity index (χ3v) is 4.18. The molecule has 0 radical (unpaired) electrons. The number of nitriles is 3. The van der Waals surface area contributed by atoms with Crippen LogP contribution in [0.4, 0.5) is 0 Å². The maximum atomic E-state index is 11.8. The number of rotatable bonds is 10. The molecule has 0 unspecified atom stereocenters. The van der Waals surface area contributed by atoms with Crippen LogP contribution in [0.5, 0.6) is 0 Å². The summed E-state index contributed by atoms with van der Waals surface area (Å²) >= 11 is 0. The summed E-state index contributed by atoms with van der Waals surface area (Å²) in [5.41, 5.74) is 0. The Morgan fingerprint density at radius 1 is 0.789 bits per heavy atom. The van der Waals surface area contributed by atoms with E-state index in [1.807, 2.05) is 12.1 Å². The molecular weight excluding hydrogens is 264 g/mol. The minimum atomic E-state index is -3.54. The van der Waals surface area contributed by atoms with Gasteiger partial charge in [0.2, 0.25) is 10.0 Å². The van der Waals surface area contributed by atoms with Crippen molar-refractivity contribution in [3.05, 3.63) is 0 Å². The van der Waals surface area contributed by atoms with Gasteiger partial charge in [-0.1, -0.05) is 0 Å². The van der Waals surface area contributed by atoms with Crippen molar-refractivity contribution in [3.8, 4) is 18.2 Å². The first-order valence-corrected chi connectivity index (χ1v) is 7.78. The molecule has 0 atom stereocenters.